The number of rotatable bonds is 4. The molecular weight excluding hydrogens is 400 g/mol. The lowest BCUT2D eigenvalue weighted by Gasteiger charge is -2.56. The molecular formula is C26H34N4O2. The molecule has 1 aromatic rings. The smallest absolute Gasteiger partial charge is 0.289 e. The Kier molecular flexibility index (Phi) is 4.12. The van der Waals surface area contributed by atoms with Crippen molar-refractivity contribution in [2.75, 3.05) is 0 Å². The summed E-state index contributed by atoms with van der Waals surface area (Å²) in [4.78, 5) is 34.6. The van der Waals surface area contributed by atoms with Crippen LogP contribution in [0.3, 0.4) is 0 Å². The number of amides is 2. The second kappa shape index (κ2) is 6.77. The van der Waals surface area contributed by atoms with Crippen molar-refractivity contribution in [2.24, 2.45) is 35.5 Å². The summed E-state index contributed by atoms with van der Waals surface area (Å²) < 4.78 is 0. The highest BCUT2D eigenvalue weighted by molar-refractivity contribution is 5.95. The highest BCUT2D eigenvalue weighted by atomic mass is 16.2. The van der Waals surface area contributed by atoms with E-state index in [9.17, 15) is 9.59 Å². The largest absolute Gasteiger partial charge is 0.346 e. The summed E-state index contributed by atoms with van der Waals surface area (Å²) in [7, 11) is 0. The first-order valence-corrected chi connectivity index (χ1v) is 12.9. The lowest BCUT2D eigenvalue weighted by atomic mass is 9.53. The van der Waals surface area contributed by atoms with Crippen molar-refractivity contribution in [1.82, 2.24) is 20.6 Å². The van der Waals surface area contributed by atoms with E-state index in [1.54, 1.807) is 0 Å². The van der Waals surface area contributed by atoms with Crippen molar-refractivity contribution < 1.29 is 9.59 Å². The van der Waals surface area contributed by atoms with Crippen LogP contribution in [0.25, 0.3) is 0 Å². The van der Waals surface area contributed by atoms with Crippen molar-refractivity contribution >= 4 is 11.8 Å². The van der Waals surface area contributed by atoms with E-state index < -0.39 is 0 Å². The number of hydrogen-bond donors (Lipinski definition) is 2. The van der Waals surface area contributed by atoms with Gasteiger partial charge in [0, 0.05) is 23.5 Å². The molecule has 1 aromatic heterocycles. The highest BCUT2D eigenvalue weighted by Gasteiger charge is 2.53. The molecule has 0 aliphatic heterocycles. The predicted molar refractivity (Wildman–Crippen MR) is 119 cm³/mol. The number of hydrogen-bond acceptors (Lipinski definition) is 4. The van der Waals surface area contributed by atoms with Gasteiger partial charge >= 0.3 is 0 Å². The third-order valence-corrected chi connectivity index (χ3v) is 9.95. The SMILES string of the molecule is O=C(NC12CC3CC(CC(C3)C1)C2)c1cnc(C(=O)NC23CC4CC(CC(C4)C2)C3)nc1. The van der Waals surface area contributed by atoms with Crippen LogP contribution in [-0.4, -0.2) is 32.9 Å². The van der Waals surface area contributed by atoms with Gasteiger partial charge in [-0.05, 0) is 113 Å². The van der Waals surface area contributed by atoms with Gasteiger partial charge < -0.3 is 10.6 Å². The number of carbonyl (C=O) groups excluding carboxylic acids is 2. The average molecular weight is 435 g/mol. The van der Waals surface area contributed by atoms with E-state index >= 15 is 0 Å². The molecule has 0 unspecified atom stereocenters. The number of nitrogens with zero attached hydrogens (tertiary/aromatic N) is 2. The second-order valence-electron chi connectivity index (χ2n) is 12.6. The zero-order valence-corrected chi connectivity index (χ0v) is 18.8. The van der Waals surface area contributed by atoms with E-state index in [-0.39, 0.29) is 28.7 Å². The summed E-state index contributed by atoms with van der Waals surface area (Å²) >= 11 is 0. The summed E-state index contributed by atoms with van der Waals surface area (Å²) in [6.45, 7) is 0. The molecule has 0 saturated heterocycles. The third-order valence-electron chi connectivity index (χ3n) is 9.95. The molecule has 2 amide bonds. The van der Waals surface area contributed by atoms with Crippen LogP contribution in [0.1, 0.15) is 98.0 Å². The van der Waals surface area contributed by atoms with Gasteiger partial charge in [0.2, 0.25) is 5.82 Å². The monoisotopic (exact) mass is 434 g/mol. The van der Waals surface area contributed by atoms with Crippen LogP contribution < -0.4 is 10.6 Å². The Morgan fingerprint density at radius 1 is 0.625 bits per heavy atom. The van der Waals surface area contributed by atoms with Crippen LogP contribution in [-0.2, 0) is 0 Å². The molecule has 8 saturated carbocycles. The minimum atomic E-state index is -0.181. The fourth-order valence-corrected chi connectivity index (χ4v) is 9.70. The molecule has 8 aliphatic carbocycles. The van der Waals surface area contributed by atoms with Gasteiger partial charge in [0.05, 0.1) is 5.56 Å². The summed E-state index contributed by atoms with van der Waals surface area (Å²) in [5, 5.41) is 6.70. The van der Waals surface area contributed by atoms with Gasteiger partial charge in [-0.1, -0.05) is 0 Å². The maximum Gasteiger partial charge on any atom is 0.289 e. The van der Waals surface area contributed by atoms with Crippen molar-refractivity contribution in [1.29, 1.82) is 0 Å². The Morgan fingerprint density at radius 3 is 1.34 bits per heavy atom. The van der Waals surface area contributed by atoms with Crippen LogP contribution >= 0.6 is 0 Å². The molecule has 8 fully saturated rings. The fourth-order valence-electron chi connectivity index (χ4n) is 9.70. The van der Waals surface area contributed by atoms with Crippen LogP contribution in [0.5, 0.6) is 0 Å². The van der Waals surface area contributed by atoms with Crippen LogP contribution in [0, 0.1) is 35.5 Å². The summed E-state index contributed by atoms with van der Waals surface area (Å²) in [5.74, 6) is 4.61. The first kappa shape index (κ1) is 19.5. The number of carbonyl (C=O) groups is 2. The maximum absolute atomic E-state index is 13.0. The minimum absolute atomic E-state index is 0.0274. The van der Waals surface area contributed by atoms with E-state index in [1.165, 1.54) is 50.9 Å². The molecule has 9 rings (SSSR count). The molecule has 6 nitrogen and oxygen atoms in total. The zero-order chi connectivity index (χ0) is 21.5. The molecule has 8 bridgehead atoms. The Bertz CT molecular complexity index is 808. The molecule has 2 N–H and O–H groups in total. The average Bonchev–Trinajstić information content (AvgIpc) is 2.71. The lowest BCUT2D eigenvalue weighted by Crippen LogP contribution is -2.60. The van der Waals surface area contributed by atoms with E-state index in [1.807, 2.05) is 0 Å². The zero-order valence-electron chi connectivity index (χ0n) is 18.8. The Morgan fingerprint density at radius 2 is 0.969 bits per heavy atom. The second-order valence-corrected chi connectivity index (χ2v) is 12.6. The van der Waals surface area contributed by atoms with Crippen LogP contribution in [0.4, 0.5) is 0 Å². The summed E-state index contributed by atoms with van der Waals surface area (Å²) in [6.07, 6.45) is 17.9. The molecule has 32 heavy (non-hydrogen) atoms. The third kappa shape index (κ3) is 3.19. The molecule has 8 aliphatic rings. The standard InChI is InChI=1S/C26H34N4O2/c31-23(29-25-7-15-1-16(8-25)3-17(2-15)9-25)21-13-27-22(28-14-21)24(32)30-26-10-18-4-19(11-26)6-20(5-18)12-26/h13-20H,1-12H2,(H,29,31)(H,30,32). The van der Waals surface area contributed by atoms with Gasteiger partial charge in [-0.3, -0.25) is 9.59 Å². The minimum Gasteiger partial charge on any atom is -0.346 e. The van der Waals surface area contributed by atoms with Gasteiger partial charge in [0.25, 0.3) is 11.8 Å². The van der Waals surface area contributed by atoms with Gasteiger partial charge in [-0.2, -0.15) is 0 Å². The van der Waals surface area contributed by atoms with E-state index in [4.69, 9.17) is 0 Å². The molecule has 1 heterocycles. The quantitative estimate of drug-likeness (QED) is 0.753. The molecule has 0 radical (unpaired) electrons. The van der Waals surface area contributed by atoms with E-state index in [2.05, 4.69) is 20.6 Å². The van der Waals surface area contributed by atoms with Crippen molar-refractivity contribution in [3.63, 3.8) is 0 Å². The number of nitrogens with one attached hydrogen (secondary N) is 2. The van der Waals surface area contributed by atoms with Gasteiger partial charge in [-0.15, -0.1) is 0 Å². The maximum atomic E-state index is 13.0. The lowest BCUT2D eigenvalue weighted by molar-refractivity contribution is -0.0173. The Hall–Kier alpha value is -1.98. The van der Waals surface area contributed by atoms with Crippen molar-refractivity contribution in [2.45, 2.75) is 88.1 Å². The van der Waals surface area contributed by atoms with Crippen LogP contribution in [0.2, 0.25) is 0 Å². The topological polar surface area (TPSA) is 84.0 Å². The number of aromatic nitrogens is 2. The van der Waals surface area contributed by atoms with Gasteiger partial charge in [-0.25, -0.2) is 9.97 Å². The summed E-state index contributed by atoms with van der Waals surface area (Å²) in [5.41, 5.74) is 0.386. The van der Waals surface area contributed by atoms with Crippen molar-refractivity contribution in [3.05, 3.63) is 23.8 Å². The highest BCUT2D eigenvalue weighted by Crippen LogP contribution is 2.56. The van der Waals surface area contributed by atoms with Gasteiger partial charge in [0.15, 0.2) is 0 Å². The van der Waals surface area contributed by atoms with E-state index in [0.29, 0.717) is 5.56 Å². The first-order valence-electron chi connectivity index (χ1n) is 12.9. The van der Waals surface area contributed by atoms with E-state index in [0.717, 1.165) is 74.0 Å². The molecule has 6 heteroatoms. The molecule has 0 aromatic carbocycles. The normalized spacial score (nSPS) is 45.1. The first-order chi connectivity index (χ1) is 15.4. The van der Waals surface area contributed by atoms with Gasteiger partial charge in [0.1, 0.15) is 0 Å². The van der Waals surface area contributed by atoms with Crippen LogP contribution in [0.15, 0.2) is 12.4 Å². The Balaban J connectivity index is 1.03. The fraction of sp³-hybridized carbons (Fsp3) is 0.769. The molecule has 0 atom stereocenters. The predicted octanol–water partition coefficient (Wildman–Crippen LogP) is 3.87. The molecule has 170 valence electrons. The summed E-state index contributed by atoms with van der Waals surface area (Å²) in [6, 6.07) is 0. The Labute approximate surface area is 189 Å². The molecule has 0 spiro atoms. The van der Waals surface area contributed by atoms with Crippen molar-refractivity contribution in [3.8, 4) is 0 Å².